The zero-order valence-electron chi connectivity index (χ0n) is 11.0. The molecular weight excluding hydrogens is 264 g/mol. The predicted molar refractivity (Wildman–Crippen MR) is 70.6 cm³/mol. The maximum Gasteiger partial charge on any atom is 0.310 e. The quantitative estimate of drug-likeness (QED) is 0.606. The molecule has 0 aromatic heterocycles. The molecule has 1 aromatic rings. The number of phenolic OH excluding ortho intramolecular Hbond substituents is 1. The number of nitrogens with zero attached hydrogens (tertiary/aromatic N) is 1. The molecule has 108 valence electrons. The SMILES string of the molecule is COC[C@@H](NC(=O)c1ccc([N+](=O)[O-])c(O)c1)C1CC1. The number of carbonyl (C=O) groups is 1. The first-order valence-electron chi connectivity index (χ1n) is 6.30. The van der Waals surface area contributed by atoms with Gasteiger partial charge in [0.2, 0.25) is 0 Å². The summed E-state index contributed by atoms with van der Waals surface area (Å²) in [5.74, 6) is -0.466. The van der Waals surface area contributed by atoms with Crippen LogP contribution in [0.4, 0.5) is 5.69 Å². The van der Waals surface area contributed by atoms with Crippen molar-refractivity contribution < 1.29 is 19.6 Å². The van der Waals surface area contributed by atoms with E-state index < -0.39 is 16.4 Å². The number of amides is 1. The smallest absolute Gasteiger partial charge is 0.310 e. The Morgan fingerprint density at radius 3 is 2.80 bits per heavy atom. The third-order valence-corrected chi connectivity index (χ3v) is 3.29. The first kappa shape index (κ1) is 14.3. The third kappa shape index (κ3) is 3.24. The van der Waals surface area contributed by atoms with Gasteiger partial charge in [-0.05, 0) is 30.9 Å². The van der Waals surface area contributed by atoms with Gasteiger partial charge < -0.3 is 15.2 Å². The van der Waals surface area contributed by atoms with Crippen molar-refractivity contribution in [1.29, 1.82) is 0 Å². The van der Waals surface area contributed by atoms with Gasteiger partial charge in [0.1, 0.15) is 0 Å². The topological polar surface area (TPSA) is 102 Å². The van der Waals surface area contributed by atoms with Crippen LogP contribution in [0.15, 0.2) is 18.2 Å². The van der Waals surface area contributed by atoms with Crippen LogP contribution in [0.2, 0.25) is 0 Å². The van der Waals surface area contributed by atoms with Gasteiger partial charge in [-0.25, -0.2) is 0 Å². The molecule has 0 spiro atoms. The van der Waals surface area contributed by atoms with Crippen LogP contribution in [0.1, 0.15) is 23.2 Å². The Morgan fingerprint density at radius 2 is 2.30 bits per heavy atom. The molecule has 1 atom stereocenters. The van der Waals surface area contributed by atoms with Crippen LogP contribution in [0, 0.1) is 16.0 Å². The van der Waals surface area contributed by atoms with Crippen molar-refractivity contribution >= 4 is 11.6 Å². The van der Waals surface area contributed by atoms with Gasteiger partial charge in [-0.2, -0.15) is 0 Å². The molecule has 2 N–H and O–H groups in total. The lowest BCUT2D eigenvalue weighted by molar-refractivity contribution is -0.385. The van der Waals surface area contributed by atoms with Gasteiger partial charge in [0.25, 0.3) is 5.91 Å². The molecule has 0 bridgehead atoms. The number of nitro benzene ring substituents is 1. The zero-order chi connectivity index (χ0) is 14.7. The second kappa shape index (κ2) is 5.87. The molecule has 0 radical (unpaired) electrons. The minimum Gasteiger partial charge on any atom is -0.502 e. The van der Waals surface area contributed by atoms with Gasteiger partial charge in [-0.3, -0.25) is 14.9 Å². The molecule has 1 aliphatic rings. The van der Waals surface area contributed by atoms with E-state index in [2.05, 4.69) is 5.32 Å². The van der Waals surface area contributed by atoms with Crippen LogP contribution >= 0.6 is 0 Å². The highest BCUT2D eigenvalue weighted by molar-refractivity contribution is 5.95. The van der Waals surface area contributed by atoms with Crippen molar-refractivity contribution in [2.75, 3.05) is 13.7 Å². The van der Waals surface area contributed by atoms with Crippen LogP contribution < -0.4 is 5.32 Å². The van der Waals surface area contributed by atoms with E-state index in [9.17, 15) is 20.0 Å². The Bertz CT molecular complexity index is 527. The molecule has 1 fully saturated rings. The van der Waals surface area contributed by atoms with E-state index in [1.807, 2.05) is 0 Å². The summed E-state index contributed by atoms with van der Waals surface area (Å²) in [4.78, 5) is 21.9. The first-order valence-corrected chi connectivity index (χ1v) is 6.30. The number of hydrogen-bond donors (Lipinski definition) is 2. The Balaban J connectivity index is 2.08. The Hall–Kier alpha value is -2.15. The van der Waals surface area contributed by atoms with Crippen LogP contribution in [-0.2, 0) is 4.74 Å². The average Bonchev–Trinajstić information content (AvgIpc) is 3.21. The van der Waals surface area contributed by atoms with E-state index in [1.54, 1.807) is 7.11 Å². The number of nitro groups is 1. The molecule has 7 heteroatoms. The van der Waals surface area contributed by atoms with Crippen LogP contribution in [-0.4, -0.2) is 35.7 Å². The summed E-state index contributed by atoms with van der Waals surface area (Å²) >= 11 is 0. The standard InChI is InChI=1S/C13H16N2O5/c1-20-7-10(8-2-3-8)14-13(17)9-4-5-11(15(18)19)12(16)6-9/h4-6,8,10,16H,2-3,7H2,1H3,(H,14,17)/t10-/m1/s1. The fourth-order valence-corrected chi connectivity index (χ4v) is 2.04. The lowest BCUT2D eigenvalue weighted by Crippen LogP contribution is -2.39. The summed E-state index contributed by atoms with van der Waals surface area (Å²) in [6, 6.07) is 3.48. The van der Waals surface area contributed by atoms with Crippen LogP contribution in [0.5, 0.6) is 5.75 Å². The minimum atomic E-state index is -0.699. The van der Waals surface area contributed by atoms with Gasteiger partial charge in [0.15, 0.2) is 5.75 Å². The number of ether oxygens (including phenoxy) is 1. The molecule has 1 aliphatic carbocycles. The van der Waals surface area contributed by atoms with Gasteiger partial charge in [0.05, 0.1) is 17.6 Å². The van der Waals surface area contributed by atoms with Crippen molar-refractivity contribution in [3.63, 3.8) is 0 Å². The maximum absolute atomic E-state index is 12.0. The van der Waals surface area contributed by atoms with E-state index in [0.29, 0.717) is 12.5 Å². The van der Waals surface area contributed by atoms with Crippen molar-refractivity contribution in [2.45, 2.75) is 18.9 Å². The molecule has 0 heterocycles. The van der Waals surface area contributed by atoms with Crippen LogP contribution in [0.3, 0.4) is 0 Å². The molecule has 0 aliphatic heterocycles. The molecule has 0 saturated heterocycles. The molecule has 0 unspecified atom stereocenters. The van der Waals surface area contributed by atoms with E-state index >= 15 is 0 Å². The molecular formula is C13H16N2O5. The summed E-state index contributed by atoms with van der Waals surface area (Å²) in [5.41, 5.74) is -0.230. The summed E-state index contributed by atoms with van der Waals surface area (Å²) in [5, 5.41) is 22.9. The Morgan fingerprint density at radius 1 is 1.60 bits per heavy atom. The third-order valence-electron chi connectivity index (χ3n) is 3.29. The van der Waals surface area contributed by atoms with E-state index in [1.165, 1.54) is 6.07 Å². The lowest BCUT2D eigenvalue weighted by Gasteiger charge is -2.17. The number of benzene rings is 1. The molecule has 1 aromatic carbocycles. The average molecular weight is 280 g/mol. The van der Waals surface area contributed by atoms with Crippen molar-refractivity contribution in [3.05, 3.63) is 33.9 Å². The number of rotatable bonds is 6. The summed E-state index contributed by atoms with van der Waals surface area (Å²) in [6.07, 6.45) is 2.11. The zero-order valence-corrected chi connectivity index (χ0v) is 11.0. The largest absolute Gasteiger partial charge is 0.502 e. The number of phenols is 1. The molecule has 20 heavy (non-hydrogen) atoms. The van der Waals surface area contributed by atoms with E-state index in [0.717, 1.165) is 25.0 Å². The van der Waals surface area contributed by atoms with Crippen molar-refractivity contribution in [3.8, 4) is 5.75 Å². The fraction of sp³-hybridized carbons (Fsp3) is 0.462. The van der Waals surface area contributed by atoms with Crippen LogP contribution in [0.25, 0.3) is 0 Å². The van der Waals surface area contributed by atoms with E-state index in [4.69, 9.17) is 4.74 Å². The first-order chi connectivity index (χ1) is 9.52. The number of carbonyl (C=O) groups excluding carboxylic acids is 1. The number of nitrogens with one attached hydrogen (secondary N) is 1. The highest BCUT2D eigenvalue weighted by Gasteiger charge is 2.32. The van der Waals surface area contributed by atoms with E-state index in [-0.39, 0.29) is 17.5 Å². The summed E-state index contributed by atoms with van der Waals surface area (Å²) < 4.78 is 5.06. The van der Waals surface area contributed by atoms with Gasteiger partial charge >= 0.3 is 5.69 Å². The minimum absolute atomic E-state index is 0.0650. The second-order valence-electron chi connectivity index (χ2n) is 4.83. The normalized spacial score (nSPS) is 15.7. The summed E-state index contributed by atoms with van der Waals surface area (Å²) in [7, 11) is 1.57. The highest BCUT2D eigenvalue weighted by atomic mass is 16.6. The Kier molecular flexibility index (Phi) is 4.19. The number of hydrogen-bond acceptors (Lipinski definition) is 5. The lowest BCUT2D eigenvalue weighted by atomic mass is 10.1. The summed E-state index contributed by atoms with van der Waals surface area (Å²) in [6.45, 7) is 0.426. The van der Waals surface area contributed by atoms with Gasteiger partial charge in [-0.1, -0.05) is 0 Å². The number of aromatic hydroxyl groups is 1. The monoisotopic (exact) mass is 280 g/mol. The predicted octanol–water partition coefficient (Wildman–Crippen LogP) is 1.46. The second-order valence-corrected chi connectivity index (χ2v) is 4.83. The molecule has 2 rings (SSSR count). The molecule has 7 nitrogen and oxygen atoms in total. The number of methoxy groups -OCH3 is 1. The van der Waals surface area contributed by atoms with Crippen molar-refractivity contribution in [1.82, 2.24) is 5.32 Å². The fourth-order valence-electron chi connectivity index (χ4n) is 2.04. The van der Waals surface area contributed by atoms with Gasteiger partial charge in [-0.15, -0.1) is 0 Å². The van der Waals surface area contributed by atoms with Crippen molar-refractivity contribution in [2.24, 2.45) is 5.92 Å². The Labute approximate surface area is 115 Å². The molecule has 1 amide bonds. The maximum atomic E-state index is 12.0. The highest BCUT2D eigenvalue weighted by Crippen LogP contribution is 2.33. The molecule has 1 saturated carbocycles. The van der Waals surface area contributed by atoms with Gasteiger partial charge in [0, 0.05) is 18.7 Å².